The van der Waals surface area contributed by atoms with E-state index in [-0.39, 0.29) is 11.2 Å². The van der Waals surface area contributed by atoms with E-state index in [9.17, 15) is 4.79 Å². The van der Waals surface area contributed by atoms with Gasteiger partial charge in [0.15, 0.2) is 8.68 Å². The fourth-order valence-electron chi connectivity index (χ4n) is 2.02. The minimum atomic E-state index is -0.274. The Labute approximate surface area is 143 Å². The third kappa shape index (κ3) is 4.24. The summed E-state index contributed by atoms with van der Waals surface area (Å²) < 4.78 is 1.75. The molecule has 1 amide bonds. The van der Waals surface area contributed by atoms with Crippen molar-refractivity contribution in [1.29, 1.82) is 0 Å². The van der Waals surface area contributed by atoms with Crippen LogP contribution in [0.4, 0.5) is 0 Å². The van der Waals surface area contributed by atoms with Gasteiger partial charge in [0, 0.05) is 13.1 Å². The molecule has 0 saturated heterocycles. The van der Waals surface area contributed by atoms with Crippen molar-refractivity contribution in [3.63, 3.8) is 0 Å². The van der Waals surface area contributed by atoms with Crippen molar-refractivity contribution < 1.29 is 4.79 Å². The fourth-order valence-corrected chi connectivity index (χ4v) is 4.73. The highest BCUT2D eigenvalue weighted by Gasteiger charge is 2.27. The van der Waals surface area contributed by atoms with E-state index in [0.29, 0.717) is 13.1 Å². The molecule has 0 spiro atoms. The standard InChI is InChI=1S/C15H19N3OS3/c1-4-18(5-2)13(19)12(11-9-7-6-8-10-11)21-15-17-16-14(20-3)22-15/h6-10,12H,4-5H2,1-3H3. The zero-order valence-corrected chi connectivity index (χ0v) is 15.3. The molecule has 7 heteroatoms. The number of benzene rings is 1. The van der Waals surface area contributed by atoms with Gasteiger partial charge in [-0.2, -0.15) is 0 Å². The second kappa shape index (κ2) is 8.55. The largest absolute Gasteiger partial charge is 0.342 e. The molecule has 2 rings (SSSR count). The van der Waals surface area contributed by atoms with Crippen molar-refractivity contribution in [1.82, 2.24) is 15.1 Å². The molecule has 0 saturated carbocycles. The summed E-state index contributed by atoms with van der Waals surface area (Å²) in [6.45, 7) is 5.44. The molecular weight excluding hydrogens is 334 g/mol. The summed E-state index contributed by atoms with van der Waals surface area (Å²) in [6, 6.07) is 9.88. The molecule has 118 valence electrons. The van der Waals surface area contributed by atoms with Crippen LogP contribution in [0.2, 0.25) is 0 Å². The van der Waals surface area contributed by atoms with E-state index >= 15 is 0 Å². The Morgan fingerprint density at radius 3 is 2.36 bits per heavy atom. The second-order valence-corrected chi connectivity index (χ2v) is 7.84. The van der Waals surface area contributed by atoms with Crippen molar-refractivity contribution in [2.75, 3.05) is 19.3 Å². The van der Waals surface area contributed by atoms with Gasteiger partial charge in [-0.3, -0.25) is 4.79 Å². The zero-order chi connectivity index (χ0) is 15.9. The molecule has 4 nitrogen and oxygen atoms in total. The van der Waals surface area contributed by atoms with E-state index in [1.54, 1.807) is 11.8 Å². The maximum atomic E-state index is 12.8. The second-order valence-electron chi connectivity index (χ2n) is 4.46. The van der Waals surface area contributed by atoms with Crippen LogP contribution < -0.4 is 0 Å². The Balaban J connectivity index is 2.27. The van der Waals surface area contributed by atoms with Crippen molar-refractivity contribution in [2.24, 2.45) is 0 Å². The van der Waals surface area contributed by atoms with Gasteiger partial charge in [-0.1, -0.05) is 65.2 Å². The van der Waals surface area contributed by atoms with Gasteiger partial charge in [0.2, 0.25) is 5.91 Å². The quantitative estimate of drug-likeness (QED) is 0.705. The monoisotopic (exact) mass is 353 g/mol. The Kier molecular flexibility index (Phi) is 6.72. The fraction of sp³-hybridized carbons (Fsp3) is 0.400. The van der Waals surface area contributed by atoms with Crippen LogP contribution in [0, 0.1) is 0 Å². The van der Waals surface area contributed by atoms with Gasteiger partial charge < -0.3 is 4.90 Å². The lowest BCUT2D eigenvalue weighted by molar-refractivity contribution is -0.130. The maximum Gasteiger partial charge on any atom is 0.240 e. The number of hydrogen-bond donors (Lipinski definition) is 0. The van der Waals surface area contributed by atoms with Crippen LogP contribution in [0.15, 0.2) is 39.0 Å². The number of carbonyl (C=O) groups excluding carboxylic acids is 1. The van der Waals surface area contributed by atoms with Crippen molar-refractivity contribution >= 4 is 40.8 Å². The summed E-state index contributed by atoms with van der Waals surface area (Å²) in [5.74, 6) is 0.127. The third-order valence-corrected chi connectivity index (χ3v) is 6.41. The summed E-state index contributed by atoms with van der Waals surface area (Å²) >= 11 is 4.59. The van der Waals surface area contributed by atoms with Crippen LogP contribution in [0.3, 0.4) is 0 Å². The molecule has 0 N–H and O–H groups in total. The third-order valence-electron chi connectivity index (χ3n) is 3.18. The van der Waals surface area contributed by atoms with Crippen LogP contribution in [0.1, 0.15) is 24.7 Å². The van der Waals surface area contributed by atoms with Gasteiger partial charge in [0.05, 0.1) is 0 Å². The molecule has 1 heterocycles. The molecule has 0 bridgehead atoms. The summed E-state index contributed by atoms with van der Waals surface area (Å²) in [6.07, 6.45) is 1.98. The van der Waals surface area contributed by atoms with Crippen molar-refractivity contribution in [2.45, 2.75) is 27.8 Å². The lowest BCUT2D eigenvalue weighted by Crippen LogP contribution is -2.33. The van der Waals surface area contributed by atoms with E-state index in [4.69, 9.17) is 0 Å². The van der Waals surface area contributed by atoms with Gasteiger partial charge in [0.1, 0.15) is 5.25 Å². The number of thioether (sulfide) groups is 2. The lowest BCUT2D eigenvalue weighted by atomic mass is 10.1. The molecule has 1 unspecified atom stereocenters. The van der Waals surface area contributed by atoms with E-state index in [0.717, 1.165) is 14.2 Å². The van der Waals surface area contributed by atoms with Gasteiger partial charge in [0.25, 0.3) is 0 Å². The predicted molar refractivity (Wildman–Crippen MR) is 94.7 cm³/mol. The zero-order valence-electron chi connectivity index (χ0n) is 12.9. The highest BCUT2D eigenvalue weighted by Crippen LogP contribution is 2.39. The minimum absolute atomic E-state index is 0.127. The van der Waals surface area contributed by atoms with E-state index in [1.807, 2.05) is 55.3 Å². The molecule has 0 radical (unpaired) electrons. The minimum Gasteiger partial charge on any atom is -0.342 e. The number of hydrogen-bond acceptors (Lipinski definition) is 6. The number of likely N-dealkylation sites (N-methyl/N-ethyl adjacent to an activating group) is 1. The molecule has 0 aliphatic rings. The number of aromatic nitrogens is 2. The Hall–Kier alpha value is -1.05. The van der Waals surface area contributed by atoms with Crippen LogP contribution in [-0.2, 0) is 4.79 Å². The Morgan fingerprint density at radius 2 is 1.82 bits per heavy atom. The first-order valence-electron chi connectivity index (χ1n) is 7.07. The Morgan fingerprint density at radius 1 is 1.18 bits per heavy atom. The van der Waals surface area contributed by atoms with Crippen LogP contribution in [0.25, 0.3) is 0 Å². The van der Waals surface area contributed by atoms with E-state index < -0.39 is 0 Å². The van der Waals surface area contributed by atoms with Gasteiger partial charge in [-0.15, -0.1) is 10.2 Å². The number of carbonyl (C=O) groups is 1. The van der Waals surface area contributed by atoms with Gasteiger partial charge in [-0.25, -0.2) is 0 Å². The SMILES string of the molecule is CCN(CC)C(=O)C(Sc1nnc(SC)s1)c1ccccc1. The van der Waals surface area contributed by atoms with Gasteiger partial charge >= 0.3 is 0 Å². The normalized spacial score (nSPS) is 12.1. The van der Waals surface area contributed by atoms with Crippen LogP contribution in [0.5, 0.6) is 0 Å². The van der Waals surface area contributed by atoms with Crippen LogP contribution in [-0.4, -0.2) is 40.3 Å². The van der Waals surface area contributed by atoms with E-state index in [1.165, 1.54) is 23.1 Å². The molecule has 1 aromatic heterocycles. The molecule has 0 aliphatic carbocycles. The summed E-state index contributed by atoms with van der Waals surface area (Å²) in [5.41, 5.74) is 1.00. The molecule has 0 aliphatic heterocycles. The summed E-state index contributed by atoms with van der Waals surface area (Å²) in [4.78, 5) is 14.7. The molecular formula is C15H19N3OS3. The highest BCUT2D eigenvalue weighted by molar-refractivity contribution is 8.03. The number of nitrogens with zero attached hydrogens (tertiary/aromatic N) is 3. The number of rotatable bonds is 7. The molecule has 0 fully saturated rings. The van der Waals surface area contributed by atoms with E-state index in [2.05, 4.69) is 10.2 Å². The maximum absolute atomic E-state index is 12.8. The summed E-state index contributed by atoms with van der Waals surface area (Å²) in [5, 5.41) is 8.02. The predicted octanol–water partition coefficient (Wildman–Crippen LogP) is 3.96. The average molecular weight is 354 g/mol. The lowest BCUT2D eigenvalue weighted by Gasteiger charge is -2.24. The van der Waals surface area contributed by atoms with Crippen LogP contribution >= 0.6 is 34.9 Å². The van der Waals surface area contributed by atoms with Gasteiger partial charge in [-0.05, 0) is 25.7 Å². The van der Waals surface area contributed by atoms with Crippen molar-refractivity contribution in [3.05, 3.63) is 35.9 Å². The molecule has 2 aromatic rings. The first kappa shape index (κ1) is 17.3. The summed E-state index contributed by atoms with van der Waals surface area (Å²) in [7, 11) is 0. The molecule has 1 aromatic carbocycles. The Bertz CT molecular complexity index is 599. The molecule has 1 atom stereocenters. The average Bonchev–Trinajstić information content (AvgIpc) is 3.02. The smallest absolute Gasteiger partial charge is 0.240 e. The van der Waals surface area contributed by atoms with Crippen molar-refractivity contribution in [3.8, 4) is 0 Å². The first-order valence-corrected chi connectivity index (χ1v) is 9.99. The highest BCUT2D eigenvalue weighted by atomic mass is 32.2. The first-order chi connectivity index (χ1) is 10.7. The topological polar surface area (TPSA) is 46.1 Å². The number of amides is 1. The molecule has 22 heavy (non-hydrogen) atoms.